The third kappa shape index (κ3) is 5.71. The lowest BCUT2D eigenvalue weighted by atomic mass is 10.1. The van der Waals surface area contributed by atoms with Gasteiger partial charge >= 0.3 is 5.97 Å². The molecule has 0 saturated heterocycles. The van der Waals surface area contributed by atoms with Crippen molar-refractivity contribution in [2.75, 3.05) is 20.3 Å². The van der Waals surface area contributed by atoms with Gasteiger partial charge in [0.25, 0.3) is 0 Å². The largest absolute Gasteiger partial charge is 0.490 e. The maximum atomic E-state index is 11.9. The summed E-state index contributed by atoms with van der Waals surface area (Å²) in [6.45, 7) is 0.920. The predicted octanol–water partition coefficient (Wildman–Crippen LogP) is 2.91. The van der Waals surface area contributed by atoms with E-state index in [0.29, 0.717) is 35.4 Å². The van der Waals surface area contributed by atoms with Crippen molar-refractivity contribution in [1.82, 2.24) is 0 Å². The summed E-state index contributed by atoms with van der Waals surface area (Å²) in [6, 6.07) is 5.07. The number of benzene rings is 1. The van der Waals surface area contributed by atoms with Gasteiger partial charge in [0.1, 0.15) is 12.4 Å². The highest BCUT2D eigenvalue weighted by atomic mass is 79.9. The summed E-state index contributed by atoms with van der Waals surface area (Å²) in [7, 11) is 1.59. The number of hydrogen-bond donors (Lipinski definition) is 1. The van der Waals surface area contributed by atoms with Crippen LogP contribution in [-0.2, 0) is 9.53 Å². The Hall–Kier alpha value is -1.40. The van der Waals surface area contributed by atoms with E-state index in [4.69, 9.17) is 14.6 Å². The van der Waals surface area contributed by atoms with Gasteiger partial charge in [-0.05, 0) is 40.5 Å². The molecule has 110 valence electrons. The van der Waals surface area contributed by atoms with Gasteiger partial charge in [0.15, 0.2) is 5.78 Å². The molecule has 1 N–H and O–H groups in total. The van der Waals surface area contributed by atoms with E-state index in [1.54, 1.807) is 25.3 Å². The summed E-state index contributed by atoms with van der Waals surface area (Å²) in [4.78, 5) is 22.3. The molecule has 1 aromatic rings. The molecule has 1 rings (SSSR count). The van der Waals surface area contributed by atoms with Crippen LogP contribution >= 0.6 is 15.9 Å². The highest BCUT2D eigenvalue weighted by Crippen LogP contribution is 2.26. The highest BCUT2D eigenvalue weighted by Gasteiger charge is 2.10. The fraction of sp³-hybridized carbons (Fsp3) is 0.429. The summed E-state index contributed by atoms with van der Waals surface area (Å²) >= 11 is 3.35. The van der Waals surface area contributed by atoms with Gasteiger partial charge in [-0.2, -0.15) is 0 Å². The summed E-state index contributed by atoms with van der Waals surface area (Å²) in [5, 5.41) is 8.53. The van der Waals surface area contributed by atoms with E-state index in [2.05, 4.69) is 15.9 Å². The zero-order chi connectivity index (χ0) is 15.0. The van der Waals surface area contributed by atoms with Crippen LogP contribution in [0.2, 0.25) is 0 Å². The molecule has 1 aromatic carbocycles. The van der Waals surface area contributed by atoms with E-state index < -0.39 is 5.97 Å². The Labute approximate surface area is 126 Å². The number of aliphatic carboxylic acids is 1. The first-order chi connectivity index (χ1) is 9.54. The number of rotatable bonds is 9. The maximum absolute atomic E-state index is 11.9. The Morgan fingerprint density at radius 1 is 1.25 bits per heavy atom. The standard InChI is InChI=1S/C14H17BrO5/c1-19-7-8-20-13-6-5-10(9-11(13)15)12(16)3-2-4-14(17)18/h5-6,9H,2-4,7-8H2,1H3,(H,17,18). The van der Waals surface area contributed by atoms with Crippen molar-refractivity contribution in [3.8, 4) is 5.75 Å². The van der Waals surface area contributed by atoms with Gasteiger partial charge in [0.05, 0.1) is 11.1 Å². The molecular formula is C14H17BrO5. The van der Waals surface area contributed by atoms with Gasteiger partial charge in [-0.25, -0.2) is 0 Å². The lowest BCUT2D eigenvalue weighted by Gasteiger charge is -2.09. The van der Waals surface area contributed by atoms with Crippen molar-refractivity contribution < 1.29 is 24.2 Å². The summed E-state index contributed by atoms with van der Waals surface area (Å²) in [5.74, 6) is -0.319. The number of ketones is 1. The number of carboxylic acids is 1. The maximum Gasteiger partial charge on any atom is 0.303 e. The first-order valence-electron chi connectivity index (χ1n) is 6.21. The molecule has 0 saturated carbocycles. The van der Waals surface area contributed by atoms with Crippen molar-refractivity contribution in [2.24, 2.45) is 0 Å². The molecular weight excluding hydrogens is 328 g/mol. The van der Waals surface area contributed by atoms with Gasteiger partial charge in [-0.1, -0.05) is 0 Å². The van der Waals surface area contributed by atoms with Gasteiger partial charge in [-0.15, -0.1) is 0 Å². The fourth-order valence-corrected chi connectivity index (χ4v) is 2.06. The second-order valence-corrected chi connectivity index (χ2v) is 5.01. The minimum atomic E-state index is -0.888. The normalized spacial score (nSPS) is 10.3. The fourth-order valence-electron chi connectivity index (χ4n) is 1.57. The SMILES string of the molecule is COCCOc1ccc(C(=O)CCCC(=O)O)cc1Br. The second-order valence-electron chi connectivity index (χ2n) is 4.16. The zero-order valence-electron chi connectivity index (χ0n) is 11.2. The molecule has 0 fully saturated rings. The van der Waals surface area contributed by atoms with Gasteiger partial charge in [0.2, 0.25) is 0 Å². The minimum absolute atomic E-state index is 0.00508. The van der Waals surface area contributed by atoms with Crippen molar-refractivity contribution in [1.29, 1.82) is 0 Å². The average molecular weight is 345 g/mol. The Morgan fingerprint density at radius 3 is 2.60 bits per heavy atom. The molecule has 0 spiro atoms. The van der Waals surface area contributed by atoms with Crippen molar-refractivity contribution in [3.05, 3.63) is 28.2 Å². The summed E-state index contributed by atoms with van der Waals surface area (Å²) in [6.07, 6.45) is 0.575. The van der Waals surface area contributed by atoms with E-state index in [9.17, 15) is 9.59 Å². The van der Waals surface area contributed by atoms with Gasteiger partial charge < -0.3 is 14.6 Å². The molecule has 0 aliphatic rings. The molecule has 0 heterocycles. The molecule has 0 unspecified atom stereocenters. The molecule has 0 amide bonds. The number of methoxy groups -OCH3 is 1. The minimum Gasteiger partial charge on any atom is -0.490 e. The second kappa shape index (κ2) is 8.71. The number of carbonyl (C=O) groups excluding carboxylic acids is 1. The third-order valence-corrected chi connectivity index (χ3v) is 3.21. The monoisotopic (exact) mass is 344 g/mol. The molecule has 0 aliphatic carbocycles. The lowest BCUT2D eigenvalue weighted by Crippen LogP contribution is -2.06. The van der Waals surface area contributed by atoms with Crippen LogP contribution in [0.5, 0.6) is 5.75 Å². The Morgan fingerprint density at radius 2 is 2.00 bits per heavy atom. The summed E-state index contributed by atoms with van der Waals surface area (Å²) < 4.78 is 11.0. The van der Waals surface area contributed by atoms with Crippen LogP contribution in [0.3, 0.4) is 0 Å². The third-order valence-electron chi connectivity index (χ3n) is 2.59. The van der Waals surface area contributed by atoms with Crippen molar-refractivity contribution in [3.63, 3.8) is 0 Å². The Kier molecular flexibility index (Phi) is 7.25. The van der Waals surface area contributed by atoms with Crippen LogP contribution in [0, 0.1) is 0 Å². The molecule has 0 atom stereocenters. The molecule has 0 aliphatic heterocycles. The van der Waals surface area contributed by atoms with Gasteiger partial charge in [-0.3, -0.25) is 9.59 Å². The highest BCUT2D eigenvalue weighted by molar-refractivity contribution is 9.10. The van der Waals surface area contributed by atoms with Crippen LogP contribution < -0.4 is 4.74 Å². The Bertz CT molecular complexity index is 473. The quantitative estimate of drug-likeness (QED) is 0.550. The number of hydrogen-bond acceptors (Lipinski definition) is 4. The lowest BCUT2D eigenvalue weighted by molar-refractivity contribution is -0.137. The van der Waals surface area contributed by atoms with Crippen LogP contribution in [0.4, 0.5) is 0 Å². The van der Waals surface area contributed by atoms with Crippen molar-refractivity contribution in [2.45, 2.75) is 19.3 Å². The average Bonchev–Trinajstić information content (AvgIpc) is 2.40. The number of Topliss-reactive ketones (excluding diaryl/α,β-unsaturated/α-hetero) is 1. The van der Waals surface area contributed by atoms with E-state index >= 15 is 0 Å². The zero-order valence-corrected chi connectivity index (χ0v) is 12.8. The number of carbonyl (C=O) groups is 2. The smallest absolute Gasteiger partial charge is 0.303 e. The predicted molar refractivity (Wildman–Crippen MR) is 77.3 cm³/mol. The van der Waals surface area contributed by atoms with Crippen LogP contribution in [0.25, 0.3) is 0 Å². The van der Waals surface area contributed by atoms with Gasteiger partial charge in [0, 0.05) is 25.5 Å². The van der Waals surface area contributed by atoms with E-state index in [-0.39, 0.29) is 18.6 Å². The first kappa shape index (κ1) is 16.7. The topological polar surface area (TPSA) is 72.8 Å². The molecule has 0 radical (unpaired) electrons. The van der Waals surface area contributed by atoms with E-state index in [0.717, 1.165) is 0 Å². The Balaban J connectivity index is 2.57. The van der Waals surface area contributed by atoms with Crippen LogP contribution in [0.15, 0.2) is 22.7 Å². The molecule has 5 nitrogen and oxygen atoms in total. The number of halogens is 1. The van der Waals surface area contributed by atoms with E-state index in [1.165, 1.54) is 0 Å². The molecule has 0 aromatic heterocycles. The molecule has 0 bridgehead atoms. The first-order valence-corrected chi connectivity index (χ1v) is 7.00. The molecule has 6 heteroatoms. The van der Waals surface area contributed by atoms with Crippen molar-refractivity contribution >= 4 is 27.7 Å². The van der Waals surface area contributed by atoms with Crippen LogP contribution in [-0.4, -0.2) is 37.2 Å². The van der Waals surface area contributed by atoms with Crippen LogP contribution in [0.1, 0.15) is 29.6 Å². The number of carboxylic acid groups (broad SMARTS) is 1. The molecule has 20 heavy (non-hydrogen) atoms. The van der Waals surface area contributed by atoms with E-state index in [1.807, 2.05) is 0 Å². The summed E-state index contributed by atoms with van der Waals surface area (Å²) in [5.41, 5.74) is 0.543. The number of ether oxygens (including phenoxy) is 2.